The molecule has 3 rings (SSSR count). The summed E-state index contributed by atoms with van der Waals surface area (Å²) in [5.74, 6) is -1.35. The van der Waals surface area contributed by atoms with Gasteiger partial charge in [0.15, 0.2) is 6.61 Å². The minimum Gasteiger partial charge on any atom is -0.456 e. The molecule has 1 heterocycles. The van der Waals surface area contributed by atoms with Crippen LogP contribution in [0.1, 0.15) is 37.7 Å². The average Bonchev–Trinajstić information content (AvgIpc) is 3.19. The number of aromatic nitrogens is 2. The van der Waals surface area contributed by atoms with Gasteiger partial charge in [-0.1, -0.05) is 25.0 Å². The molecule has 0 saturated heterocycles. The normalized spacial score (nSPS) is 14.0. The second-order valence-electron chi connectivity index (χ2n) is 7.13. The Balaban J connectivity index is 1.44. The van der Waals surface area contributed by atoms with Gasteiger partial charge in [-0.2, -0.15) is 0 Å². The third kappa shape index (κ3) is 5.40. The molecule has 2 N–H and O–H groups in total. The molecule has 1 aromatic heterocycles. The minimum atomic E-state index is -0.700. The van der Waals surface area contributed by atoms with E-state index in [4.69, 9.17) is 4.74 Å². The van der Waals surface area contributed by atoms with Gasteiger partial charge in [0, 0.05) is 12.6 Å². The quantitative estimate of drug-likeness (QED) is 0.708. The van der Waals surface area contributed by atoms with Crippen LogP contribution in [0.4, 0.5) is 4.79 Å². The van der Waals surface area contributed by atoms with Crippen molar-refractivity contribution in [1.82, 2.24) is 20.2 Å². The third-order valence-electron chi connectivity index (χ3n) is 4.92. The number of imide groups is 1. The van der Waals surface area contributed by atoms with E-state index in [9.17, 15) is 19.2 Å². The zero-order valence-corrected chi connectivity index (χ0v) is 16.3. The zero-order chi connectivity index (χ0) is 20.8. The van der Waals surface area contributed by atoms with Crippen LogP contribution in [0.15, 0.2) is 29.3 Å². The van der Waals surface area contributed by atoms with E-state index in [1.54, 1.807) is 12.1 Å². The maximum absolute atomic E-state index is 12.5. The monoisotopic (exact) mass is 400 g/mol. The number of urea groups is 1. The van der Waals surface area contributed by atoms with Crippen molar-refractivity contribution in [1.29, 1.82) is 0 Å². The molecule has 0 radical (unpaired) electrons. The van der Waals surface area contributed by atoms with E-state index in [1.807, 2.05) is 13.0 Å². The molecule has 0 aliphatic heterocycles. The maximum atomic E-state index is 12.5. The first-order valence-corrected chi connectivity index (χ1v) is 9.65. The number of hydrogen-bond acceptors (Lipinski definition) is 6. The highest BCUT2D eigenvalue weighted by Crippen LogP contribution is 2.17. The van der Waals surface area contributed by atoms with Gasteiger partial charge in [0.1, 0.15) is 0 Å². The van der Waals surface area contributed by atoms with Crippen LogP contribution in [-0.4, -0.2) is 40.1 Å². The second-order valence-corrected chi connectivity index (χ2v) is 7.13. The van der Waals surface area contributed by atoms with Crippen molar-refractivity contribution in [3.63, 3.8) is 0 Å². The number of carbonyl (C=O) groups excluding carboxylic acids is 3. The van der Waals surface area contributed by atoms with Gasteiger partial charge in [0.2, 0.25) is 0 Å². The molecular formula is C20H24N4O5. The van der Waals surface area contributed by atoms with Crippen molar-refractivity contribution in [3.8, 4) is 0 Å². The molecule has 29 heavy (non-hydrogen) atoms. The number of ether oxygens (including phenoxy) is 1. The van der Waals surface area contributed by atoms with E-state index in [0.717, 1.165) is 31.2 Å². The number of amides is 3. The van der Waals surface area contributed by atoms with Gasteiger partial charge >= 0.3 is 12.0 Å². The number of aryl methyl sites for hydroxylation is 2. The molecule has 0 bridgehead atoms. The summed E-state index contributed by atoms with van der Waals surface area (Å²) in [6, 6.07) is 4.84. The van der Waals surface area contributed by atoms with Crippen molar-refractivity contribution >= 4 is 28.8 Å². The molecule has 9 heteroatoms. The molecule has 0 unspecified atom stereocenters. The lowest BCUT2D eigenvalue weighted by Crippen LogP contribution is -2.45. The van der Waals surface area contributed by atoms with E-state index >= 15 is 0 Å². The fraction of sp³-hybridized carbons (Fsp3) is 0.450. The van der Waals surface area contributed by atoms with Crippen LogP contribution in [-0.2, 0) is 20.9 Å². The summed E-state index contributed by atoms with van der Waals surface area (Å²) in [6.45, 7) is 1.40. The van der Waals surface area contributed by atoms with Crippen LogP contribution in [0.2, 0.25) is 0 Å². The number of para-hydroxylation sites is 1. The minimum absolute atomic E-state index is 0.0817. The molecule has 3 amide bonds. The van der Waals surface area contributed by atoms with Crippen LogP contribution < -0.4 is 16.2 Å². The summed E-state index contributed by atoms with van der Waals surface area (Å²) in [4.78, 5) is 52.1. The highest BCUT2D eigenvalue weighted by atomic mass is 16.5. The van der Waals surface area contributed by atoms with Crippen molar-refractivity contribution in [2.24, 2.45) is 0 Å². The Kier molecular flexibility index (Phi) is 6.58. The topological polar surface area (TPSA) is 119 Å². The summed E-state index contributed by atoms with van der Waals surface area (Å²) in [6.07, 6.45) is 5.22. The SMILES string of the molecule is Cc1cccc2c(=O)n(CCC(=O)OCC(=O)NC(=O)NC3CCCC3)cnc12. The summed E-state index contributed by atoms with van der Waals surface area (Å²) < 4.78 is 6.21. The predicted octanol–water partition coefficient (Wildman–Crippen LogP) is 1.41. The number of benzene rings is 1. The van der Waals surface area contributed by atoms with E-state index in [-0.39, 0.29) is 24.6 Å². The first-order valence-electron chi connectivity index (χ1n) is 9.65. The lowest BCUT2D eigenvalue weighted by Gasteiger charge is -2.12. The maximum Gasteiger partial charge on any atom is 0.321 e. The molecule has 1 fully saturated rings. The molecule has 0 spiro atoms. The second kappa shape index (κ2) is 9.31. The highest BCUT2D eigenvalue weighted by Gasteiger charge is 2.18. The van der Waals surface area contributed by atoms with Gasteiger partial charge in [-0.25, -0.2) is 9.78 Å². The van der Waals surface area contributed by atoms with Crippen molar-refractivity contribution in [2.75, 3.05) is 6.61 Å². The Hall–Kier alpha value is -3.23. The Bertz CT molecular complexity index is 978. The first-order chi connectivity index (χ1) is 13.9. The number of carbonyl (C=O) groups is 3. The number of rotatable bonds is 6. The van der Waals surface area contributed by atoms with E-state index < -0.39 is 24.5 Å². The molecule has 0 atom stereocenters. The molecule has 1 aromatic carbocycles. The molecular weight excluding hydrogens is 376 g/mol. The summed E-state index contributed by atoms with van der Waals surface area (Å²) in [5.41, 5.74) is 1.28. The van der Waals surface area contributed by atoms with Crippen LogP contribution in [0.5, 0.6) is 0 Å². The lowest BCUT2D eigenvalue weighted by atomic mass is 10.1. The van der Waals surface area contributed by atoms with Crippen molar-refractivity contribution < 1.29 is 19.1 Å². The molecule has 1 aliphatic rings. The van der Waals surface area contributed by atoms with Crippen LogP contribution in [0, 0.1) is 6.92 Å². The standard InChI is InChI=1S/C20H24N4O5/c1-13-5-4-8-15-18(13)21-12-24(19(15)27)10-9-17(26)29-11-16(25)23-20(28)22-14-6-2-3-7-14/h4-5,8,12,14H,2-3,6-7,9-11H2,1H3,(H2,22,23,25,28). The Morgan fingerprint density at radius 2 is 2.00 bits per heavy atom. The summed E-state index contributed by atoms with van der Waals surface area (Å²) >= 11 is 0. The van der Waals surface area contributed by atoms with Crippen molar-refractivity contribution in [2.45, 2.75) is 51.6 Å². The highest BCUT2D eigenvalue weighted by molar-refractivity contribution is 5.95. The number of nitrogens with zero attached hydrogens (tertiary/aromatic N) is 2. The van der Waals surface area contributed by atoms with Crippen LogP contribution >= 0.6 is 0 Å². The fourth-order valence-corrected chi connectivity index (χ4v) is 3.38. The molecule has 154 valence electrons. The van der Waals surface area contributed by atoms with E-state index in [0.29, 0.717) is 10.9 Å². The average molecular weight is 400 g/mol. The Morgan fingerprint density at radius 3 is 2.76 bits per heavy atom. The van der Waals surface area contributed by atoms with Crippen LogP contribution in [0.25, 0.3) is 10.9 Å². The van der Waals surface area contributed by atoms with Gasteiger partial charge in [0.05, 0.1) is 23.7 Å². The molecule has 2 aromatic rings. The van der Waals surface area contributed by atoms with Gasteiger partial charge in [-0.3, -0.25) is 24.3 Å². The lowest BCUT2D eigenvalue weighted by molar-refractivity contribution is -0.148. The smallest absolute Gasteiger partial charge is 0.321 e. The fourth-order valence-electron chi connectivity index (χ4n) is 3.38. The first kappa shape index (κ1) is 20.5. The molecule has 1 saturated carbocycles. The van der Waals surface area contributed by atoms with Gasteiger partial charge in [-0.05, 0) is 31.4 Å². The van der Waals surface area contributed by atoms with Crippen LogP contribution in [0.3, 0.4) is 0 Å². The summed E-state index contributed by atoms with van der Waals surface area (Å²) in [5, 5.41) is 5.33. The predicted molar refractivity (Wildman–Crippen MR) is 105 cm³/mol. The van der Waals surface area contributed by atoms with E-state index in [1.165, 1.54) is 10.9 Å². The Labute approximate surface area is 167 Å². The molecule has 1 aliphatic carbocycles. The summed E-state index contributed by atoms with van der Waals surface area (Å²) in [7, 11) is 0. The number of fused-ring (bicyclic) bond motifs is 1. The van der Waals surface area contributed by atoms with Gasteiger partial charge in [-0.15, -0.1) is 0 Å². The number of nitrogens with one attached hydrogen (secondary N) is 2. The number of esters is 1. The molecule has 9 nitrogen and oxygen atoms in total. The van der Waals surface area contributed by atoms with Crippen molar-refractivity contribution in [3.05, 3.63) is 40.4 Å². The van der Waals surface area contributed by atoms with Gasteiger partial charge < -0.3 is 10.1 Å². The number of hydrogen-bond donors (Lipinski definition) is 2. The largest absolute Gasteiger partial charge is 0.456 e. The van der Waals surface area contributed by atoms with Gasteiger partial charge in [0.25, 0.3) is 11.5 Å². The zero-order valence-electron chi connectivity index (χ0n) is 16.3. The Morgan fingerprint density at radius 1 is 1.24 bits per heavy atom. The third-order valence-corrected chi connectivity index (χ3v) is 4.92. The van der Waals surface area contributed by atoms with E-state index in [2.05, 4.69) is 15.6 Å².